The first-order valence-electron chi connectivity index (χ1n) is 8.95. The Balaban J connectivity index is 1.79. The molecule has 1 heterocycles. The highest BCUT2D eigenvalue weighted by atomic mass is 32.2. The summed E-state index contributed by atoms with van der Waals surface area (Å²) < 4.78 is 61.1. The Morgan fingerprint density at radius 3 is 2.43 bits per heavy atom. The summed E-state index contributed by atoms with van der Waals surface area (Å²) in [7, 11) is 0. The molecule has 0 radical (unpaired) electrons. The van der Waals surface area contributed by atoms with Gasteiger partial charge in [0.1, 0.15) is 11.1 Å². The third-order valence-electron chi connectivity index (χ3n) is 4.39. The van der Waals surface area contributed by atoms with Crippen LogP contribution in [0.4, 0.5) is 23.7 Å². The number of nitrogens with one attached hydrogen (secondary N) is 2. The van der Waals surface area contributed by atoms with E-state index in [1.54, 1.807) is 0 Å². The average Bonchev–Trinajstić information content (AvgIpc) is 2.61. The van der Waals surface area contributed by atoms with Gasteiger partial charge in [-0.1, -0.05) is 13.3 Å². The molecule has 11 heteroatoms. The first kappa shape index (κ1) is 22.4. The smallest absolute Gasteiger partial charge is 0.406 e. The van der Waals surface area contributed by atoms with Gasteiger partial charge in [-0.25, -0.2) is 9.00 Å². The molecule has 0 aliphatic carbocycles. The summed E-state index contributed by atoms with van der Waals surface area (Å²) in [5, 5.41) is 4.99. The van der Waals surface area contributed by atoms with E-state index in [9.17, 15) is 26.7 Å². The normalized spacial score (nSPS) is 18.3. The van der Waals surface area contributed by atoms with Gasteiger partial charge in [-0.05, 0) is 43.5 Å². The number of halogens is 3. The van der Waals surface area contributed by atoms with E-state index in [1.807, 2.05) is 11.8 Å². The van der Waals surface area contributed by atoms with Crippen LogP contribution in [0, 0.1) is 0 Å². The third-order valence-corrected chi connectivity index (χ3v) is 5.39. The zero-order valence-corrected chi connectivity index (χ0v) is 16.2. The molecule has 0 bridgehead atoms. The topological polar surface area (TPSA) is 90.9 Å². The van der Waals surface area contributed by atoms with Gasteiger partial charge < -0.3 is 19.9 Å². The molecule has 2 unspecified atom stereocenters. The number of likely N-dealkylation sites (tertiary alicyclic amines) is 1. The molecule has 2 atom stereocenters. The zero-order valence-electron chi connectivity index (χ0n) is 15.4. The Hall–Kier alpha value is -1.85. The summed E-state index contributed by atoms with van der Waals surface area (Å²) >= 11 is -1.91. The molecule has 158 valence electrons. The van der Waals surface area contributed by atoms with Crippen molar-refractivity contribution in [3.8, 4) is 5.75 Å². The van der Waals surface area contributed by atoms with Crippen molar-refractivity contribution >= 4 is 22.8 Å². The van der Waals surface area contributed by atoms with Crippen LogP contribution in [0.25, 0.3) is 0 Å². The Kier molecular flexibility index (Phi) is 8.08. The number of nitrogens with zero attached hydrogens (tertiary/aromatic N) is 1. The molecule has 1 aliphatic rings. The fraction of sp³-hybridized carbons (Fsp3) is 0.588. The third kappa shape index (κ3) is 7.28. The molecule has 1 saturated heterocycles. The zero-order chi connectivity index (χ0) is 20.7. The standard InChI is InChI=1S/C17H24F3N3O4S/c1-2-3-15(28(25)26)23-10-8-13(9-11-23)22-16(24)21-12-4-6-14(7-5-12)27-17(18,19)20/h4-7,13,15H,2-3,8-11H2,1H3,(H,25,26)(H2,21,22,24). The number of amides is 2. The lowest BCUT2D eigenvalue weighted by molar-refractivity contribution is -0.274. The van der Waals surface area contributed by atoms with Gasteiger partial charge in [0.2, 0.25) is 0 Å². The Labute approximate surface area is 163 Å². The average molecular weight is 423 g/mol. The summed E-state index contributed by atoms with van der Waals surface area (Å²) in [4.78, 5) is 14.1. The van der Waals surface area contributed by atoms with Gasteiger partial charge in [0.15, 0.2) is 11.1 Å². The number of piperidine rings is 1. The van der Waals surface area contributed by atoms with Gasteiger partial charge in [0.05, 0.1) is 0 Å². The van der Waals surface area contributed by atoms with Crippen molar-refractivity contribution in [3.63, 3.8) is 0 Å². The van der Waals surface area contributed by atoms with Crippen molar-refractivity contribution in [2.75, 3.05) is 18.4 Å². The molecule has 1 aromatic carbocycles. The fourth-order valence-corrected chi connectivity index (χ4v) is 3.99. The van der Waals surface area contributed by atoms with Gasteiger partial charge in [0.25, 0.3) is 0 Å². The fourth-order valence-electron chi connectivity index (χ4n) is 3.08. The number of benzene rings is 1. The van der Waals surface area contributed by atoms with Crippen LogP contribution in [0.2, 0.25) is 0 Å². The highest BCUT2D eigenvalue weighted by Gasteiger charge is 2.31. The van der Waals surface area contributed by atoms with Crippen LogP contribution < -0.4 is 15.4 Å². The molecular weight excluding hydrogens is 399 g/mol. The second-order valence-corrected chi connectivity index (χ2v) is 7.60. The number of hydrogen-bond donors (Lipinski definition) is 3. The van der Waals surface area contributed by atoms with Crippen molar-refractivity contribution in [1.29, 1.82) is 0 Å². The number of alkyl halides is 3. The van der Waals surface area contributed by atoms with Crippen molar-refractivity contribution in [2.45, 2.75) is 50.4 Å². The van der Waals surface area contributed by atoms with Gasteiger partial charge in [-0.2, -0.15) is 0 Å². The molecule has 0 aromatic heterocycles. The lowest BCUT2D eigenvalue weighted by Crippen LogP contribution is -2.49. The minimum Gasteiger partial charge on any atom is -0.406 e. The minimum absolute atomic E-state index is 0.0847. The number of hydrogen-bond acceptors (Lipinski definition) is 4. The number of anilines is 1. The molecule has 3 N–H and O–H groups in total. The predicted molar refractivity (Wildman–Crippen MR) is 99.3 cm³/mol. The summed E-state index contributed by atoms with van der Waals surface area (Å²) in [6.45, 7) is 3.16. The van der Waals surface area contributed by atoms with E-state index in [-0.39, 0.29) is 11.8 Å². The lowest BCUT2D eigenvalue weighted by Gasteiger charge is -2.36. The highest BCUT2D eigenvalue weighted by molar-refractivity contribution is 7.79. The predicted octanol–water partition coefficient (Wildman–Crippen LogP) is 3.52. The maximum absolute atomic E-state index is 12.1. The first-order valence-corrected chi connectivity index (χ1v) is 10.1. The molecule has 7 nitrogen and oxygen atoms in total. The van der Waals surface area contributed by atoms with E-state index in [2.05, 4.69) is 15.4 Å². The van der Waals surface area contributed by atoms with Crippen LogP contribution in [0.3, 0.4) is 0 Å². The number of urea groups is 1. The monoisotopic (exact) mass is 423 g/mol. The van der Waals surface area contributed by atoms with Crippen LogP contribution >= 0.6 is 0 Å². The molecule has 2 rings (SSSR count). The summed E-state index contributed by atoms with van der Waals surface area (Å²) in [5.41, 5.74) is 0.336. The van der Waals surface area contributed by atoms with Gasteiger partial charge in [0, 0.05) is 24.8 Å². The SMILES string of the molecule is CCCC(N1CCC(NC(=O)Nc2ccc(OC(F)(F)F)cc2)CC1)S(=O)O. The van der Waals surface area contributed by atoms with E-state index < -0.39 is 28.8 Å². The number of rotatable bonds is 7. The number of carbonyl (C=O) groups is 1. The van der Waals surface area contributed by atoms with Crippen molar-refractivity contribution in [3.05, 3.63) is 24.3 Å². The van der Waals surface area contributed by atoms with Crippen LogP contribution in [-0.4, -0.2) is 50.6 Å². The van der Waals surface area contributed by atoms with Gasteiger partial charge in [-0.3, -0.25) is 4.90 Å². The lowest BCUT2D eigenvalue weighted by atomic mass is 10.0. The Morgan fingerprint density at radius 2 is 1.93 bits per heavy atom. The Morgan fingerprint density at radius 1 is 1.32 bits per heavy atom. The molecule has 0 spiro atoms. The molecule has 28 heavy (non-hydrogen) atoms. The van der Waals surface area contributed by atoms with Gasteiger partial charge in [-0.15, -0.1) is 13.2 Å². The van der Waals surface area contributed by atoms with Crippen molar-refractivity contribution in [2.24, 2.45) is 0 Å². The minimum atomic E-state index is -4.76. The van der Waals surface area contributed by atoms with Crippen LogP contribution in [0.1, 0.15) is 32.6 Å². The quantitative estimate of drug-likeness (QED) is 0.584. The van der Waals surface area contributed by atoms with E-state index in [1.165, 1.54) is 12.1 Å². The molecule has 1 aromatic rings. The highest BCUT2D eigenvalue weighted by Crippen LogP contribution is 2.24. The largest absolute Gasteiger partial charge is 0.573 e. The molecule has 1 aliphatic heterocycles. The number of carbonyl (C=O) groups excluding carboxylic acids is 1. The maximum atomic E-state index is 12.1. The second kappa shape index (κ2) is 10.1. The summed E-state index contributed by atoms with van der Waals surface area (Å²) in [6.07, 6.45) is -2.04. The van der Waals surface area contributed by atoms with E-state index in [0.29, 0.717) is 38.0 Å². The summed E-state index contributed by atoms with van der Waals surface area (Å²) in [6, 6.07) is 4.32. The van der Waals surface area contributed by atoms with Crippen LogP contribution in [0.5, 0.6) is 5.75 Å². The van der Waals surface area contributed by atoms with Crippen molar-refractivity contribution in [1.82, 2.24) is 10.2 Å². The second-order valence-electron chi connectivity index (χ2n) is 6.50. The maximum Gasteiger partial charge on any atom is 0.573 e. The van der Waals surface area contributed by atoms with Crippen LogP contribution in [0.15, 0.2) is 24.3 Å². The number of ether oxygens (including phenoxy) is 1. The van der Waals surface area contributed by atoms with Gasteiger partial charge >= 0.3 is 12.4 Å². The summed E-state index contributed by atoms with van der Waals surface area (Å²) in [5.74, 6) is -0.367. The van der Waals surface area contributed by atoms with E-state index in [0.717, 1.165) is 18.6 Å². The molecule has 0 saturated carbocycles. The van der Waals surface area contributed by atoms with E-state index >= 15 is 0 Å². The van der Waals surface area contributed by atoms with Crippen molar-refractivity contribution < 1.29 is 31.5 Å². The molecule has 1 fully saturated rings. The first-order chi connectivity index (χ1) is 13.2. The molecular formula is C17H24F3N3O4S. The Bertz CT molecular complexity index is 665. The van der Waals surface area contributed by atoms with E-state index in [4.69, 9.17) is 0 Å². The molecule has 2 amide bonds. The van der Waals surface area contributed by atoms with Crippen LogP contribution in [-0.2, 0) is 11.1 Å².